The van der Waals surface area contributed by atoms with E-state index in [1.54, 1.807) is 0 Å². The van der Waals surface area contributed by atoms with Gasteiger partial charge in [-0.2, -0.15) is 0 Å². The molecule has 0 aliphatic heterocycles. The van der Waals surface area contributed by atoms with E-state index in [9.17, 15) is 0 Å². The van der Waals surface area contributed by atoms with Crippen LogP contribution in [0.4, 0.5) is 0 Å². The van der Waals surface area contributed by atoms with Gasteiger partial charge in [0.2, 0.25) is 0 Å². The van der Waals surface area contributed by atoms with E-state index in [-0.39, 0.29) is 0 Å². The highest BCUT2D eigenvalue weighted by molar-refractivity contribution is 5.00. The average Bonchev–Trinajstić information content (AvgIpc) is 2.70. The molecule has 0 aromatic heterocycles. The number of rotatable bonds is 5. The summed E-state index contributed by atoms with van der Waals surface area (Å²) in [6, 6.07) is 0. The van der Waals surface area contributed by atoms with Gasteiger partial charge in [0.25, 0.3) is 0 Å². The first kappa shape index (κ1) is 8.02. The van der Waals surface area contributed by atoms with E-state index in [1.807, 2.05) is 0 Å². The van der Waals surface area contributed by atoms with E-state index in [1.165, 1.54) is 19.3 Å². The highest BCUT2D eigenvalue weighted by atomic mass is 15.0. The molecule has 0 atom stereocenters. The number of hydrogen-bond acceptors (Lipinski definition) is 2. The lowest BCUT2D eigenvalue weighted by Gasteiger charge is -2.13. The van der Waals surface area contributed by atoms with Crippen LogP contribution < -0.4 is 11.1 Å². The third-order valence-corrected chi connectivity index (χ3v) is 2.41. The second kappa shape index (κ2) is 3.35. The van der Waals surface area contributed by atoms with Crippen molar-refractivity contribution < 1.29 is 0 Å². The maximum Gasteiger partial charge on any atom is 0.0180 e. The lowest BCUT2D eigenvalue weighted by Crippen LogP contribution is -2.32. The third-order valence-electron chi connectivity index (χ3n) is 2.41. The van der Waals surface area contributed by atoms with Crippen LogP contribution in [0.1, 0.15) is 32.6 Å². The summed E-state index contributed by atoms with van der Waals surface area (Å²) in [5.41, 5.74) is 5.92. The van der Waals surface area contributed by atoms with E-state index < -0.39 is 0 Å². The van der Waals surface area contributed by atoms with Gasteiger partial charge in [0.05, 0.1) is 0 Å². The molecule has 10 heavy (non-hydrogen) atoms. The summed E-state index contributed by atoms with van der Waals surface area (Å²) in [7, 11) is 0. The Bertz CT molecular complexity index is 97.4. The van der Waals surface area contributed by atoms with Crippen LogP contribution >= 0.6 is 0 Å². The molecule has 0 heterocycles. The first-order chi connectivity index (χ1) is 4.83. The SMILES string of the molecule is CCC1(NCCCN)CC1. The Hall–Kier alpha value is -0.0800. The molecule has 1 fully saturated rings. The fraction of sp³-hybridized carbons (Fsp3) is 1.00. The van der Waals surface area contributed by atoms with Crippen LogP contribution in [0.25, 0.3) is 0 Å². The number of nitrogens with one attached hydrogen (secondary N) is 1. The molecule has 2 heteroatoms. The van der Waals surface area contributed by atoms with Crippen molar-refractivity contribution in [3.05, 3.63) is 0 Å². The van der Waals surface area contributed by atoms with E-state index in [0.29, 0.717) is 5.54 Å². The molecule has 0 radical (unpaired) electrons. The van der Waals surface area contributed by atoms with E-state index in [0.717, 1.165) is 19.5 Å². The molecule has 1 saturated carbocycles. The van der Waals surface area contributed by atoms with E-state index >= 15 is 0 Å². The van der Waals surface area contributed by atoms with Gasteiger partial charge in [-0.3, -0.25) is 0 Å². The summed E-state index contributed by atoms with van der Waals surface area (Å²) in [4.78, 5) is 0. The monoisotopic (exact) mass is 142 g/mol. The van der Waals surface area contributed by atoms with Gasteiger partial charge in [-0.05, 0) is 38.8 Å². The van der Waals surface area contributed by atoms with Gasteiger partial charge in [-0.15, -0.1) is 0 Å². The summed E-state index contributed by atoms with van der Waals surface area (Å²) in [5.74, 6) is 0. The molecular formula is C8H18N2. The average molecular weight is 142 g/mol. The predicted molar refractivity (Wildman–Crippen MR) is 43.9 cm³/mol. The van der Waals surface area contributed by atoms with Gasteiger partial charge in [0.15, 0.2) is 0 Å². The van der Waals surface area contributed by atoms with E-state index in [4.69, 9.17) is 5.73 Å². The number of hydrogen-bond donors (Lipinski definition) is 2. The second-order valence-electron chi connectivity index (χ2n) is 3.20. The summed E-state index contributed by atoms with van der Waals surface area (Å²) in [6.07, 6.45) is 5.13. The molecule has 2 nitrogen and oxygen atoms in total. The summed E-state index contributed by atoms with van der Waals surface area (Å²) in [5, 5.41) is 3.54. The molecule has 1 rings (SSSR count). The normalized spacial score (nSPS) is 21.0. The molecule has 0 spiro atoms. The maximum absolute atomic E-state index is 5.38. The van der Waals surface area contributed by atoms with Gasteiger partial charge < -0.3 is 11.1 Å². The third kappa shape index (κ3) is 1.96. The minimum Gasteiger partial charge on any atom is -0.330 e. The molecule has 3 N–H and O–H groups in total. The van der Waals surface area contributed by atoms with Crippen LogP contribution in [-0.4, -0.2) is 18.6 Å². The van der Waals surface area contributed by atoms with Crippen molar-refractivity contribution >= 4 is 0 Å². The zero-order valence-electron chi connectivity index (χ0n) is 6.82. The van der Waals surface area contributed by atoms with Gasteiger partial charge in [-0.1, -0.05) is 6.92 Å². The standard InChI is InChI=1S/C8H18N2/c1-2-8(4-5-8)10-7-3-6-9/h10H,2-7,9H2,1H3. The fourth-order valence-electron chi connectivity index (χ4n) is 1.26. The topological polar surface area (TPSA) is 38.0 Å². The van der Waals surface area contributed by atoms with Crippen LogP contribution in [0.3, 0.4) is 0 Å². The molecule has 0 aromatic carbocycles. The Kier molecular flexibility index (Phi) is 2.69. The van der Waals surface area contributed by atoms with Crippen LogP contribution in [0.5, 0.6) is 0 Å². The highest BCUT2D eigenvalue weighted by Crippen LogP contribution is 2.37. The Morgan fingerprint density at radius 3 is 2.60 bits per heavy atom. The molecule has 1 aliphatic carbocycles. The van der Waals surface area contributed by atoms with Crippen molar-refractivity contribution in [2.24, 2.45) is 5.73 Å². The summed E-state index contributed by atoms with van der Waals surface area (Å²) >= 11 is 0. The molecule has 0 unspecified atom stereocenters. The van der Waals surface area contributed by atoms with Gasteiger partial charge >= 0.3 is 0 Å². The van der Waals surface area contributed by atoms with Crippen LogP contribution in [0, 0.1) is 0 Å². The maximum atomic E-state index is 5.38. The number of nitrogens with two attached hydrogens (primary N) is 1. The molecule has 0 saturated heterocycles. The lowest BCUT2D eigenvalue weighted by atomic mass is 10.2. The quantitative estimate of drug-likeness (QED) is 0.559. The van der Waals surface area contributed by atoms with Crippen molar-refractivity contribution in [3.8, 4) is 0 Å². The fourth-order valence-corrected chi connectivity index (χ4v) is 1.26. The van der Waals surface area contributed by atoms with Crippen molar-refractivity contribution in [1.29, 1.82) is 0 Å². The van der Waals surface area contributed by atoms with Crippen molar-refractivity contribution in [1.82, 2.24) is 5.32 Å². The molecule has 0 bridgehead atoms. The molecule has 60 valence electrons. The summed E-state index contributed by atoms with van der Waals surface area (Å²) in [6.45, 7) is 4.17. The lowest BCUT2D eigenvalue weighted by molar-refractivity contribution is 0.478. The van der Waals surface area contributed by atoms with Gasteiger partial charge in [0.1, 0.15) is 0 Å². The smallest absolute Gasteiger partial charge is 0.0180 e. The Balaban J connectivity index is 2.01. The zero-order chi connectivity index (χ0) is 7.45. The second-order valence-corrected chi connectivity index (χ2v) is 3.20. The Morgan fingerprint density at radius 2 is 2.20 bits per heavy atom. The molecular weight excluding hydrogens is 124 g/mol. The zero-order valence-corrected chi connectivity index (χ0v) is 6.82. The molecule has 1 aliphatic rings. The Morgan fingerprint density at radius 1 is 1.50 bits per heavy atom. The minimum atomic E-state index is 0.537. The Labute approximate surface area is 63.2 Å². The first-order valence-electron chi connectivity index (χ1n) is 4.28. The van der Waals surface area contributed by atoms with Crippen LogP contribution in [0.15, 0.2) is 0 Å². The molecule has 0 amide bonds. The highest BCUT2D eigenvalue weighted by Gasteiger charge is 2.39. The summed E-state index contributed by atoms with van der Waals surface area (Å²) < 4.78 is 0. The van der Waals surface area contributed by atoms with Crippen molar-refractivity contribution in [2.45, 2.75) is 38.1 Å². The van der Waals surface area contributed by atoms with Crippen molar-refractivity contribution in [2.75, 3.05) is 13.1 Å². The van der Waals surface area contributed by atoms with Crippen LogP contribution in [-0.2, 0) is 0 Å². The first-order valence-corrected chi connectivity index (χ1v) is 4.28. The van der Waals surface area contributed by atoms with Gasteiger partial charge in [-0.25, -0.2) is 0 Å². The van der Waals surface area contributed by atoms with Crippen LogP contribution in [0.2, 0.25) is 0 Å². The van der Waals surface area contributed by atoms with E-state index in [2.05, 4.69) is 12.2 Å². The predicted octanol–water partition coefficient (Wildman–Crippen LogP) is 0.867. The molecule has 0 aromatic rings. The largest absolute Gasteiger partial charge is 0.330 e. The van der Waals surface area contributed by atoms with Crippen molar-refractivity contribution in [3.63, 3.8) is 0 Å². The van der Waals surface area contributed by atoms with Gasteiger partial charge in [0, 0.05) is 5.54 Å². The minimum absolute atomic E-state index is 0.537.